The molecule has 1 saturated heterocycles. The molecule has 1 spiro atoms. The number of carbonyl (C=O) groups is 2. The molecular weight excluding hydrogens is 663 g/mol. The van der Waals surface area contributed by atoms with Crippen molar-refractivity contribution < 1.29 is 56.5 Å². The molecule has 0 N–H and O–H groups in total. The van der Waals surface area contributed by atoms with E-state index in [1.54, 1.807) is 19.0 Å². The zero-order valence-corrected chi connectivity index (χ0v) is 28.9. The molecule has 2 unspecified atom stereocenters. The Bertz CT molecular complexity index is 2150. The lowest BCUT2D eigenvalue weighted by Crippen LogP contribution is -2.53. The summed E-state index contributed by atoms with van der Waals surface area (Å²) in [4.78, 5) is 34.1. The van der Waals surface area contributed by atoms with Gasteiger partial charge in [0.2, 0.25) is 5.71 Å². The van der Waals surface area contributed by atoms with E-state index in [-0.39, 0.29) is 40.5 Å². The second kappa shape index (κ2) is 11.1. The zero-order valence-electron chi connectivity index (χ0n) is 28.9. The molecule has 51 heavy (non-hydrogen) atoms. The van der Waals surface area contributed by atoms with Crippen LogP contribution in [0.3, 0.4) is 0 Å². The Kier molecular flexibility index (Phi) is 6.97. The molecule has 2 fully saturated rings. The fourth-order valence-electron chi connectivity index (χ4n) is 9.64. The van der Waals surface area contributed by atoms with Crippen LogP contribution >= 0.6 is 0 Å². The Balaban J connectivity index is 1.28. The number of hydrogen-bond donors (Lipinski definition) is 0. The number of ketones is 1. The monoisotopic (exact) mass is 699 g/mol. The molecule has 2 aliphatic heterocycles. The molecule has 2 bridgehead atoms. The SMILES string of the molecule is COc1cc(C)cc2c1C1=[N+](C)O[C@H]3C4C=CC(CC5=CC(=O)c6c(-c7c(F)ccc(OC)c7C7OCCO7)noc6[C@@]54OC)([C@H]2OC(C)=O)[C@@H]13. The predicted octanol–water partition coefficient (Wildman–Crippen LogP) is 5.07. The van der Waals surface area contributed by atoms with Crippen LogP contribution < -0.4 is 9.47 Å². The molecular formula is C38H36FN2O10+. The van der Waals surface area contributed by atoms with Gasteiger partial charge in [0.15, 0.2) is 36.6 Å². The molecule has 5 aliphatic carbocycles. The highest BCUT2D eigenvalue weighted by Gasteiger charge is 2.74. The van der Waals surface area contributed by atoms with Gasteiger partial charge < -0.3 is 32.9 Å². The molecule has 7 aliphatic rings. The summed E-state index contributed by atoms with van der Waals surface area (Å²) in [5.74, 6) is -1.40. The minimum Gasteiger partial charge on any atom is -0.496 e. The van der Waals surface area contributed by atoms with Gasteiger partial charge in [-0.2, -0.15) is 0 Å². The van der Waals surface area contributed by atoms with Crippen LogP contribution in [0, 0.1) is 30.0 Å². The van der Waals surface area contributed by atoms with Crippen LogP contribution in [0.1, 0.15) is 64.1 Å². The first-order chi connectivity index (χ1) is 24.6. The van der Waals surface area contributed by atoms with Crippen molar-refractivity contribution in [3.05, 3.63) is 87.5 Å². The topological polar surface area (TPSA) is 128 Å². The van der Waals surface area contributed by atoms with E-state index in [1.807, 2.05) is 32.2 Å². The quantitative estimate of drug-likeness (QED) is 0.194. The number of ether oxygens (including phenoxy) is 6. The number of aromatic nitrogens is 1. The summed E-state index contributed by atoms with van der Waals surface area (Å²) >= 11 is 0. The minimum absolute atomic E-state index is 0.0207. The third-order valence-corrected chi connectivity index (χ3v) is 11.4. The third kappa shape index (κ3) is 4.05. The number of methoxy groups -OCH3 is 3. The van der Waals surface area contributed by atoms with Crippen LogP contribution in [0.4, 0.5) is 4.39 Å². The Morgan fingerprint density at radius 1 is 1.06 bits per heavy atom. The summed E-state index contributed by atoms with van der Waals surface area (Å²) in [6.07, 6.45) is 3.59. The van der Waals surface area contributed by atoms with Gasteiger partial charge in [-0.05, 0) is 53.5 Å². The second-order valence-electron chi connectivity index (χ2n) is 13.8. The third-order valence-electron chi connectivity index (χ3n) is 11.4. The molecule has 0 amide bonds. The Labute approximate surface area is 292 Å². The normalized spacial score (nSPS) is 29.9. The maximum absolute atomic E-state index is 16.0. The van der Waals surface area contributed by atoms with Gasteiger partial charge in [-0.25, -0.2) is 4.39 Å². The van der Waals surface area contributed by atoms with Gasteiger partial charge in [-0.15, -0.1) is 0 Å². The van der Waals surface area contributed by atoms with E-state index < -0.39 is 53.0 Å². The lowest BCUT2D eigenvalue weighted by atomic mass is 9.56. The number of benzene rings is 2. The molecule has 2 aromatic carbocycles. The zero-order chi connectivity index (χ0) is 35.6. The summed E-state index contributed by atoms with van der Waals surface area (Å²) in [5.41, 5.74) is 1.96. The number of allylic oxidation sites excluding steroid dienone is 1. The Morgan fingerprint density at radius 3 is 2.53 bits per heavy atom. The standard InChI is InChI=1S/C38H36FN2O10/c1-17-13-20-26(25(14-17)45-5)32-30-33(51-41(32)3)21-9-10-37(30,34(20)49-18(2)42)16-19-15-23(43)28-31(40-50-35(28)38(19,21)46-6)27-22(39)7-8-24(44-4)29(27)36-47-11-12-48-36/h7-10,13-15,21,30,33-34,36H,11-12,16H2,1-6H3/q+1/t21?,30-,33-,34-,37?,38+/m0/s1. The van der Waals surface area contributed by atoms with E-state index in [0.717, 1.165) is 22.4 Å². The number of aryl methyl sites for hydroxylation is 1. The number of hydroxylamine groups is 1. The molecule has 1 saturated carbocycles. The average Bonchev–Trinajstić information content (AvgIpc) is 3.85. The number of nitrogens with zero attached hydrogens (tertiary/aromatic N) is 2. The second-order valence-corrected chi connectivity index (χ2v) is 13.8. The van der Waals surface area contributed by atoms with Gasteiger partial charge >= 0.3 is 5.97 Å². The molecule has 264 valence electrons. The van der Waals surface area contributed by atoms with E-state index in [0.29, 0.717) is 30.3 Å². The number of halogens is 1. The molecule has 12 nitrogen and oxygen atoms in total. The first-order valence-corrected chi connectivity index (χ1v) is 16.8. The fourth-order valence-corrected chi connectivity index (χ4v) is 9.64. The lowest BCUT2D eigenvalue weighted by Gasteiger charge is -2.46. The van der Waals surface area contributed by atoms with E-state index in [9.17, 15) is 9.59 Å². The van der Waals surface area contributed by atoms with E-state index in [1.165, 1.54) is 32.2 Å². The molecule has 0 radical (unpaired) electrons. The number of fused-ring (bicyclic) bond motifs is 3. The van der Waals surface area contributed by atoms with Crippen LogP contribution in [0.15, 0.2) is 52.6 Å². The highest BCUT2D eigenvalue weighted by atomic mass is 19.1. The number of esters is 1. The van der Waals surface area contributed by atoms with Crippen LogP contribution in [0.2, 0.25) is 0 Å². The van der Waals surface area contributed by atoms with Gasteiger partial charge in [-0.1, -0.05) is 23.4 Å². The van der Waals surface area contributed by atoms with E-state index in [4.69, 9.17) is 37.8 Å². The van der Waals surface area contributed by atoms with Crippen molar-refractivity contribution in [3.63, 3.8) is 0 Å². The van der Waals surface area contributed by atoms with E-state index >= 15 is 4.39 Å². The predicted molar refractivity (Wildman–Crippen MR) is 175 cm³/mol. The maximum atomic E-state index is 16.0. The molecule has 3 heterocycles. The van der Waals surface area contributed by atoms with Gasteiger partial charge in [0, 0.05) is 19.6 Å². The van der Waals surface area contributed by atoms with Crippen molar-refractivity contribution in [2.75, 3.05) is 41.6 Å². The van der Waals surface area contributed by atoms with Gasteiger partial charge in [0.05, 0.1) is 61.0 Å². The summed E-state index contributed by atoms with van der Waals surface area (Å²) in [5, 5.41) is 4.39. The Morgan fingerprint density at radius 2 is 1.82 bits per heavy atom. The maximum Gasteiger partial charge on any atom is 0.303 e. The van der Waals surface area contributed by atoms with Gasteiger partial charge in [-0.3, -0.25) is 14.4 Å². The van der Waals surface area contributed by atoms with Crippen molar-refractivity contribution in [2.24, 2.45) is 17.3 Å². The van der Waals surface area contributed by atoms with Crippen molar-refractivity contribution in [2.45, 2.75) is 44.4 Å². The van der Waals surface area contributed by atoms with Crippen molar-refractivity contribution in [1.82, 2.24) is 5.16 Å². The average molecular weight is 700 g/mol. The number of hydrogen-bond acceptors (Lipinski definition) is 11. The smallest absolute Gasteiger partial charge is 0.303 e. The molecule has 3 aromatic rings. The van der Waals surface area contributed by atoms with Crippen molar-refractivity contribution >= 4 is 17.5 Å². The van der Waals surface area contributed by atoms with Crippen molar-refractivity contribution in [1.29, 1.82) is 0 Å². The summed E-state index contributed by atoms with van der Waals surface area (Å²) in [6, 6.07) is 6.69. The first kappa shape index (κ1) is 32.1. The van der Waals surface area contributed by atoms with Crippen LogP contribution in [-0.4, -0.2) is 75.1 Å². The molecule has 13 heteroatoms. The summed E-state index contributed by atoms with van der Waals surface area (Å²) in [6.45, 7) is 3.95. The van der Waals surface area contributed by atoms with Gasteiger partial charge in [0.25, 0.3) is 0 Å². The van der Waals surface area contributed by atoms with Crippen molar-refractivity contribution in [3.8, 4) is 22.8 Å². The number of rotatable bonds is 6. The number of carbonyl (C=O) groups excluding carboxylic acids is 2. The summed E-state index contributed by atoms with van der Waals surface area (Å²) < 4.78 is 59.9. The molecule has 6 atom stereocenters. The molecule has 1 aromatic heterocycles. The first-order valence-electron chi connectivity index (χ1n) is 16.8. The van der Waals surface area contributed by atoms with E-state index in [2.05, 4.69) is 11.2 Å². The highest BCUT2D eigenvalue weighted by molar-refractivity contribution is 6.12. The largest absolute Gasteiger partial charge is 0.496 e. The fraction of sp³-hybridized carbons (Fsp3) is 0.421. The Hall–Kier alpha value is -4.85. The lowest BCUT2D eigenvalue weighted by molar-refractivity contribution is -0.769. The van der Waals surface area contributed by atoms with Crippen LogP contribution in [-0.2, 0) is 34.2 Å². The summed E-state index contributed by atoms with van der Waals surface area (Å²) in [7, 11) is 6.48. The van der Waals surface area contributed by atoms with Crippen LogP contribution in [0.25, 0.3) is 11.3 Å². The minimum atomic E-state index is -1.41. The van der Waals surface area contributed by atoms with Crippen LogP contribution in [0.5, 0.6) is 11.5 Å². The molecule has 10 rings (SSSR count). The van der Waals surface area contributed by atoms with Gasteiger partial charge in [0.1, 0.15) is 35.0 Å². The highest BCUT2D eigenvalue weighted by Crippen LogP contribution is 2.68.